The number of hydrogen-bond donors (Lipinski definition) is 2. The van der Waals surface area contributed by atoms with E-state index in [1.807, 2.05) is 4.72 Å². The van der Waals surface area contributed by atoms with Crippen LogP contribution in [0.2, 0.25) is 0 Å². The summed E-state index contributed by atoms with van der Waals surface area (Å²) in [5, 5.41) is 3.40. The van der Waals surface area contributed by atoms with Crippen LogP contribution in [-0.2, 0) is 20.0 Å². The highest BCUT2D eigenvalue weighted by molar-refractivity contribution is 7.92. The second kappa shape index (κ2) is 7.36. The van der Waals surface area contributed by atoms with E-state index in [0.717, 1.165) is 37.7 Å². The Bertz CT molecular complexity index is 848. The van der Waals surface area contributed by atoms with E-state index >= 15 is 0 Å². The molecule has 7 nitrogen and oxygen atoms in total. The first-order valence-electron chi connectivity index (χ1n) is 7.69. The van der Waals surface area contributed by atoms with E-state index in [-0.39, 0.29) is 29.0 Å². The summed E-state index contributed by atoms with van der Waals surface area (Å²) in [4.78, 5) is -0.170. The Balaban J connectivity index is 0.00000225. The van der Waals surface area contributed by atoms with Crippen LogP contribution < -0.4 is 10.0 Å². The number of benzene rings is 1. The lowest BCUT2D eigenvalue weighted by Crippen LogP contribution is -2.39. The van der Waals surface area contributed by atoms with Gasteiger partial charge in [0.1, 0.15) is 5.82 Å². The Morgan fingerprint density at radius 1 is 1.16 bits per heavy atom. The third-order valence-electron chi connectivity index (χ3n) is 4.36. The number of hydrogen-bond acceptors (Lipinski definition) is 5. The predicted molar refractivity (Wildman–Crippen MR) is 95.4 cm³/mol. The van der Waals surface area contributed by atoms with E-state index in [9.17, 15) is 21.2 Å². The summed E-state index contributed by atoms with van der Waals surface area (Å²) >= 11 is 0. The summed E-state index contributed by atoms with van der Waals surface area (Å²) in [6, 6.07) is 3.68. The zero-order valence-corrected chi connectivity index (χ0v) is 16.1. The first kappa shape index (κ1) is 20.4. The zero-order valence-electron chi connectivity index (χ0n) is 13.6. The summed E-state index contributed by atoms with van der Waals surface area (Å²) in [7, 11) is -7.45. The molecule has 2 unspecified atom stereocenters. The topological polar surface area (TPSA) is 95.6 Å². The number of fused-ring (bicyclic) bond motifs is 2. The molecule has 2 saturated heterocycles. The first-order valence-corrected chi connectivity index (χ1v) is 11.0. The van der Waals surface area contributed by atoms with Gasteiger partial charge >= 0.3 is 0 Å². The molecule has 2 atom stereocenters. The fraction of sp³-hybridized carbons (Fsp3) is 0.571. The Labute approximate surface area is 153 Å². The van der Waals surface area contributed by atoms with Crippen LogP contribution in [0, 0.1) is 5.82 Å². The van der Waals surface area contributed by atoms with Gasteiger partial charge in [0.05, 0.1) is 16.8 Å². The van der Waals surface area contributed by atoms with Gasteiger partial charge in [-0.25, -0.2) is 21.2 Å². The molecule has 2 fully saturated rings. The van der Waals surface area contributed by atoms with E-state index in [2.05, 4.69) is 5.32 Å². The average molecular weight is 414 g/mol. The first-order chi connectivity index (χ1) is 11.1. The molecule has 0 amide bonds. The average Bonchev–Trinajstić information content (AvgIpc) is 2.78. The van der Waals surface area contributed by atoms with E-state index in [4.69, 9.17) is 0 Å². The van der Waals surface area contributed by atoms with Gasteiger partial charge in [-0.1, -0.05) is 0 Å². The SMILES string of the molecule is CS(=O)(=O)Nc1ccc(S(=O)(=O)N2CCC3CCC(C2)N3)cc1F.Cl. The summed E-state index contributed by atoms with van der Waals surface area (Å²) in [5.74, 6) is -0.920. The minimum Gasteiger partial charge on any atom is -0.310 e. The smallest absolute Gasteiger partial charge is 0.243 e. The predicted octanol–water partition coefficient (Wildman–Crippen LogP) is 1.13. The van der Waals surface area contributed by atoms with Crippen LogP contribution in [0.25, 0.3) is 0 Å². The fourth-order valence-electron chi connectivity index (χ4n) is 3.22. The third-order valence-corrected chi connectivity index (χ3v) is 6.81. The van der Waals surface area contributed by atoms with Gasteiger partial charge in [0.25, 0.3) is 0 Å². The highest BCUT2D eigenvalue weighted by Gasteiger charge is 2.35. The van der Waals surface area contributed by atoms with Gasteiger partial charge in [0.15, 0.2) is 0 Å². The highest BCUT2D eigenvalue weighted by Crippen LogP contribution is 2.27. The number of rotatable bonds is 4. The molecule has 1 aromatic carbocycles. The van der Waals surface area contributed by atoms with Crippen molar-refractivity contribution in [1.29, 1.82) is 0 Å². The van der Waals surface area contributed by atoms with Gasteiger partial charge < -0.3 is 5.32 Å². The maximum Gasteiger partial charge on any atom is 0.243 e. The van der Waals surface area contributed by atoms with Crippen LogP contribution in [0.5, 0.6) is 0 Å². The monoisotopic (exact) mass is 413 g/mol. The molecule has 2 N–H and O–H groups in total. The molecule has 11 heteroatoms. The van der Waals surface area contributed by atoms with Crippen molar-refractivity contribution in [2.45, 2.75) is 36.2 Å². The highest BCUT2D eigenvalue weighted by atomic mass is 35.5. The second-order valence-corrected chi connectivity index (χ2v) is 9.99. The van der Waals surface area contributed by atoms with Crippen LogP contribution in [0.4, 0.5) is 10.1 Å². The normalized spacial score (nSPS) is 24.4. The van der Waals surface area contributed by atoms with Crippen molar-refractivity contribution >= 4 is 38.1 Å². The van der Waals surface area contributed by atoms with Gasteiger partial charge in [-0.2, -0.15) is 4.31 Å². The van der Waals surface area contributed by atoms with Crippen LogP contribution in [0.3, 0.4) is 0 Å². The molecular formula is C14H21ClFN3O4S2. The van der Waals surface area contributed by atoms with Crippen molar-refractivity contribution in [3.63, 3.8) is 0 Å². The summed E-state index contributed by atoms with van der Waals surface area (Å²) < 4.78 is 65.4. The minimum absolute atomic E-state index is 0. The van der Waals surface area contributed by atoms with Crippen LogP contribution in [-0.4, -0.2) is 52.6 Å². The molecule has 0 aliphatic carbocycles. The lowest BCUT2D eigenvalue weighted by Gasteiger charge is -2.23. The quantitative estimate of drug-likeness (QED) is 0.771. The van der Waals surface area contributed by atoms with Crippen molar-refractivity contribution < 1.29 is 21.2 Å². The van der Waals surface area contributed by atoms with Crippen molar-refractivity contribution in [2.75, 3.05) is 24.1 Å². The van der Waals surface area contributed by atoms with Crippen LogP contribution in [0.15, 0.2) is 23.1 Å². The lowest BCUT2D eigenvalue weighted by atomic mass is 10.1. The number of nitrogens with one attached hydrogen (secondary N) is 2. The van der Waals surface area contributed by atoms with Crippen molar-refractivity contribution in [1.82, 2.24) is 9.62 Å². The number of anilines is 1. The molecule has 2 bridgehead atoms. The number of sulfonamides is 2. The van der Waals surface area contributed by atoms with Gasteiger partial charge in [-0.15, -0.1) is 12.4 Å². The maximum absolute atomic E-state index is 14.1. The van der Waals surface area contributed by atoms with E-state index in [1.165, 1.54) is 10.4 Å². The largest absolute Gasteiger partial charge is 0.310 e. The Kier molecular flexibility index (Phi) is 5.99. The molecule has 2 heterocycles. The number of halogens is 2. The van der Waals surface area contributed by atoms with Crippen LogP contribution >= 0.6 is 12.4 Å². The van der Waals surface area contributed by atoms with E-state index in [0.29, 0.717) is 19.1 Å². The summed E-state index contributed by atoms with van der Waals surface area (Å²) in [6.07, 6.45) is 3.61. The molecule has 0 radical (unpaired) electrons. The maximum atomic E-state index is 14.1. The zero-order chi connectivity index (χ0) is 17.5. The van der Waals surface area contributed by atoms with Crippen LogP contribution in [0.1, 0.15) is 19.3 Å². The van der Waals surface area contributed by atoms with Crippen molar-refractivity contribution in [2.24, 2.45) is 0 Å². The summed E-state index contributed by atoms with van der Waals surface area (Å²) in [5.41, 5.74) is -0.270. The molecule has 1 aromatic rings. The molecular weight excluding hydrogens is 393 g/mol. The van der Waals surface area contributed by atoms with Gasteiger partial charge in [-0.05, 0) is 37.5 Å². The van der Waals surface area contributed by atoms with Gasteiger partial charge in [0, 0.05) is 25.2 Å². The molecule has 0 saturated carbocycles. The molecule has 2 aliphatic rings. The fourth-order valence-corrected chi connectivity index (χ4v) is 5.29. The van der Waals surface area contributed by atoms with E-state index in [1.54, 1.807) is 0 Å². The Morgan fingerprint density at radius 2 is 1.84 bits per heavy atom. The molecule has 0 spiro atoms. The van der Waals surface area contributed by atoms with Gasteiger partial charge in [0.2, 0.25) is 20.0 Å². The molecule has 2 aliphatic heterocycles. The van der Waals surface area contributed by atoms with Crippen molar-refractivity contribution in [3.8, 4) is 0 Å². The minimum atomic E-state index is -3.81. The third kappa shape index (κ3) is 4.62. The van der Waals surface area contributed by atoms with Gasteiger partial charge in [-0.3, -0.25) is 4.72 Å². The molecule has 0 aromatic heterocycles. The Morgan fingerprint density at radius 3 is 2.48 bits per heavy atom. The Hall–Kier alpha value is -0.940. The summed E-state index contributed by atoms with van der Waals surface area (Å²) in [6.45, 7) is 0.755. The number of nitrogens with zero attached hydrogens (tertiary/aromatic N) is 1. The lowest BCUT2D eigenvalue weighted by molar-refractivity contribution is 0.383. The molecule has 142 valence electrons. The molecule has 25 heavy (non-hydrogen) atoms. The standard InChI is InChI=1S/C14H20FN3O4S2.ClH/c1-23(19,20)17-14-5-4-12(8-13(14)15)24(21,22)18-7-6-10-2-3-11(9-18)16-10;/h4-5,8,10-11,16-17H,2-3,6-7,9H2,1H3;1H. The van der Waals surface area contributed by atoms with Crippen molar-refractivity contribution in [3.05, 3.63) is 24.0 Å². The molecule has 3 rings (SSSR count). The van der Waals surface area contributed by atoms with E-state index < -0.39 is 25.9 Å². The second-order valence-electron chi connectivity index (χ2n) is 6.31.